The van der Waals surface area contributed by atoms with Crippen molar-refractivity contribution in [1.29, 1.82) is 5.41 Å². The van der Waals surface area contributed by atoms with Crippen molar-refractivity contribution in [2.75, 3.05) is 19.0 Å². The Bertz CT molecular complexity index is 1480. The van der Waals surface area contributed by atoms with Crippen LogP contribution in [0.4, 0.5) is 10.1 Å². The molecule has 40 heavy (non-hydrogen) atoms. The molecule has 0 amide bonds. The van der Waals surface area contributed by atoms with Gasteiger partial charge in [0.2, 0.25) is 0 Å². The number of rotatable bonds is 11. The number of nitrogen functional groups attached to an aromatic ring is 1. The maximum atomic E-state index is 16.0. The third-order valence-electron chi connectivity index (χ3n) is 6.02. The van der Waals surface area contributed by atoms with E-state index in [-0.39, 0.29) is 23.3 Å². The standard InChI is InChI=1S/C30H32FN5O4/c1-5-39-22-14-23(26(31)25(15-22)40-17(2)3)27(35-21-12-10-19(11-13-21)28(32)33)29-34-16-24(36-29)18-6-8-20(9-7-18)30(37)38-4/h6-17,27,35H,5H2,1-4H3,(H3,32,33)(H,34,36). The Morgan fingerprint density at radius 3 is 2.38 bits per heavy atom. The van der Waals surface area contributed by atoms with E-state index < -0.39 is 17.8 Å². The highest BCUT2D eigenvalue weighted by molar-refractivity contribution is 5.95. The summed E-state index contributed by atoms with van der Waals surface area (Å²) >= 11 is 0. The summed E-state index contributed by atoms with van der Waals surface area (Å²) < 4.78 is 32.3. The van der Waals surface area contributed by atoms with Gasteiger partial charge in [-0.1, -0.05) is 12.1 Å². The van der Waals surface area contributed by atoms with Gasteiger partial charge in [-0.05, 0) is 68.8 Å². The largest absolute Gasteiger partial charge is 0.494 e. The zero-order valence-electron chi connectivity index (χ0n) is 22.7. The molecule has 3 aromatic carbocycles. The summed E-state index contributed by atoms with van der Waals surface area (Å²) in [6.07, 6.45) is 1.39. The number of nitrogens with zero attached hydrogens (tertiary/aromatic N) is 1. The van der Waals surface area contributed by atoms with Crippen LogP contribution in [0.3, 0.4) is 0 Å². The first-order chi connectivity index (χ1) is 19.2. The highest BCUT2D eigenvalue weighted by atomic mass is 19.1. The molecular formula is C30H32FN5O4. The summed E-state index contributed by atoms with van der Waals surface area (Å²) in [5.41, 5.74) is 8.96. The topological polar surface area (TPSA) is 135 Å². The Labute approximate surface area is 232 Å². The summed E-state index contributed by atoms with van der Waals surface area (Å²) in [7, 11) is 1.33. The van der Waals surface area contributed by atoms with E-state index in [4.69, 9.17) is 25.4 Å². The van der Waals surface area contributed by atoms with Crippen LogP contribution in [-0.4, -0.2) is 41.6 Å². The molecule has 4 aromatic rings. The Balaban J connectivity index is 1.79. The Kier molecular flexibility index (Phi) is 8.68. The van der Waals surface area contributed by atoms with Gasteiger partial charge in [0.05, 0.1) is 37.3 Å². The number of carbonyl (C=O) groups is 1. The fourth-order valence-electron chi connectivity index (χ4n) is 4.13. The van der Waals surface area contributed by atoms with Crippen LogP contribution >= 0.6 is 0 Å². The minimum atomic E-state index is -0.777. The van der Waals surface area contributed by atoms with Gasteiger partial charge in [-0.25, -0.2) is 14.2 Å². The molecule has 1 atom stereocenters. The van der Waals surface area contributed by atoms with Gasteiger partial charge in [-0.3, -0.25) is 5.41 Å². The fraction of sp³-hybridized carbons (Fsp3) is 0.233. The third kappa shape index (κ3) is 6.40. The lowest BCUT2D eigenvalue weighted by molar-refractivity contribution is 0.0600. The summed E-state index contributed by atoms with van der Waals surface area (Å²) in [5.74, 6) is -0.0663. The van der Waals surface area contributed by atoms with Gasteiger partial charge in [0.15, 0.2) is 11.6 Å². The number of aromatic nitrogens is 2. The second-order valence-corrected chi connectivity index (χ2v) is 9.24. The summed E-state index contributed by atoms with van der Waals surface area (Å²) in [6.45, 7) is 5.89. The maximum Gasteiger partial charge on any atom is 0.337 e. The van der Waals surface area contributed by atoms with Gasteiger partial charge in [-0.15, -0.1) is 0 Å². The van der Waals surface area contributed by atoms with Crippen LogP contribution in [-0.2, 0) is 4.74 Å². The third-order valence-corrected chi connectivity index (χ3v) is 6.02. The van der Waals surface area contributed by atoms with E-state index in [0.717, 1.165) is 5.56 Å². The van der Waals surface area contributed by atoms with Crippen LogP contribution in [0.1, 0.15) is 54.1 Å². The molecule has 1 heterocycles. The number of H-pyrrole nitrogens is 1. The van der Waals surface area contributed by atoms with Crippen molar-refractivity contribution >= 4 is 17.5 Å². The van der Waals surface area contributed by atoms with Crippen molar-refractivity contribution in [3.05, 3.63) is 95.2 Å². The number of aromatic amines is 1. The minimum Gasteiger partial charge on any atom is -0.494 e. The lowest BCUT2D eigenvalue weighted by Gasteiger charge is -2.22. The predicted molar refractivity (Wildman–Crippen MR) is 152 cm³/mol. The number of halogens is 1. The number of hydrogen-bond acceptors (Lipinski definition) is 7. The Morgan fingerprint density at radius 2 is 1.77 bits per heavy atom. The minimum absolute atomic E-state index is 0.0528. The number of nitrogens with two attached hydrogens (primary N) is 1. The molecule has 0 aliphatic heterocycles. The lowest BCUT2D eigenvalue weighted by atomic mass is 10.0. The molecule has 0 saturated carbocycles. The first-order valence-corrected chi connectivity index (χ1v) is 12.8. The molecule has 208 valence electrons. The molecular weight excluding hydrogens is 513 g/mol. The van der Waals surface area contributed by atoms with E-state index in [9.17, 15) is 4.79 Å². The van der Waals surface area contributed by atoms with E-state index in [1.807, 2.05) is 20.8 Å². The number of esters is 1. The maximum absolute atomic E-state index is 16.0. The van der Waals surface area contributed by atoms with E-state index in [2.05, 4.69) is 15.3 Å². The molecule has 0 aliphatic carbocycles. The zero-order chi connectivity index (χ0) is 28.8. The SMILES string of the molecule is CCOc1cc(OC(C)C)c(F)c(C(Nc2ccc(C(=N)N)cc2)c2ncc(-c3ccc(C(=O)OC)cc3)[nH]2)c1. The second-order valence-electron chi connectivity index (χ2n) is 9.24. The van der Waals surface area contributed by atoms with Gasteiger partial charge in [0, 0.05) is 22.9 Å². The molecule has 1 unspecified atom stereocenters. The Morgan fingerprint density at radius 1 is 1.10 bits per heavy atom. The number of imidazole rings is 1. The second kappa shape index (κ2) is 12.3. The van der Waals surface area contributed by atoms with Crippen LogP contribution < -0.4 is 20.5 Å². The molecule has 1 aromatic heterocycles. The average Bonchev–Trinajstić information content (AvgIpc) is 3.43. The summed E-state index contributed by atoms with van der Waals surface area (Å²) in [5, 5.41) is 11.0. The number of carbonyl (C=O) groups excluding carboxylic acids is 1. The molecule has 0 radical (unpaired) electrons. The van der Waals surface area contributed by atoms with Gasteiger partial charge >= 0.3 is 5.97 Å². The smallest absolute Gasteiger partial charge is 0.337 e. The van der Waals surface area contributed by atoms with E-state index in [1.54, 1.807) is 60.8 Å². The molecule has 4 rings (SSSR count). The van der Waals surface area contributed by atoms with E-state index in [0.29, 0.717) is 40.7 Å². The van der Waals surface area contributed by atoms with Gasteiger partial charge in [0.1, 0.15) is 23.5 Å². The van der Waals surface area contributed by atoms with Crippen molar-refractivity contribution in [2.24, 2.45) is 5.73 Å². The lowest BCUT2D eigenvalue weighted by Crippen LogP contribution is -2.18. The van der Waals surface area contributed by atoms with Crippen molar-refractivity contribution in [2.45, 2.75) is 32.9 Å². The molecule has 9 nitrogen and oxygen atoms in total. The van der Waals surface area contributed by atoms with Crippen molar-refractivity contribution in [1.82, 2.24) is 9.97 Å². The molecule has 10 heteroatoms. The van der Waals surface area contributed by atoms with Crippen molar-refractivity contribution in [3.63, 3.8) is 0 Å². The van der Waals surface area contributed by atoms with Crippen LogP contribution in [0.5, 0.6) is 11.5 Å². The Hall–Kier alpha value is -4.86. The zero-order valence-corrected chi connectivity index (χ0v) is 22.7. The van der Waals surface area contributed by atoms with Crippen LogP contribution in [0.15, 0.2) is 66.9 Å². The number of ether oxygens (including phenoxy) is 3. The highest BCUT2D eigenvalue weighted by Crippen LogP contribution is 2.36. The normalized spacial score (nSPS) is 11.7. The summed E-state index contributed by atoms with van der Waals surface area (Å²) in [6, 6.07) is 16.2. The monoisotopic (exact) mass is 545 g/mol. The van der Waals surface area contributed by atoms with E-state index in [1.165, 1.54) is 13.2 Å². The average molecular weight is 546 g/mol. The number of amidine groups is 1. The quantitative estimate of drug-likeness (QED) is 0.108. The molecule has 0 spiro atoms. The van der Waals surface area contributed by atoms with Crippen LogP contribution in [0, 0.1) is 11.2 Å². The van der Waals surface area contributed by atoms with Gasteiger partial charge in [-0.2, -0.15) is 0 Å². The number of benzene rings is 3. The first kappa shape index (κ1) is 28.2. The van der Waals surface area contributed by atoms with Crippen molar-refractivity contribution < 1.29 is 23.4 Å². The van der Waals surface area contributed by atoms with Gasteiger partial charge < -0.3 is 30.2 Å². The molecule has 5 N–H and O–H groups in total. The first-order valence-electron chi connectivity index (χ1n) is 12.8. The number of methoxy groups -OCH3 is 1. The number of nitrogens with one attached hydrogen (secondary N) is 3. The van der Waals surface area contributed by atoms with Crippen molar-refractivity contribution in [3.8, 4) is 22.8 Å². The van der Waals surface area contributed by atoms with E-state index >= 15 is 4.39 Å². The number of anilines is 1. The predicted octanol–water partition coefficient (Wildman–Crippen LogP) is 5.67. The molecule has 0 fully saturated rings. The van der Waals surface area contributed by atoms with Crippen LogP contribution in [0.25, 0.3) is 11.3 Å². The molecule has 0 bridgehead atoms. The molecule has 0 aliphatic rings. The van der Waals surface area contributed by atoms with Crippen LogP contribution in [0.2, 0.25) is 0 Å². The summed E-state index contributed by atoms with van der Waals surface area (Å²) in [4.78, 5) is 19.7. The number of hydrogen-bond donors (Lipinski definition) is 4. The highest BCUT2D eigenvalue weighted by Gasteiger charge is 2.26. The molecule has 0 saturated heterocycles. The van der Waals surface area contributed by atoms with Gasteiger partial charge in [0.25, 0.3) is 0 Å². The fourth-order valence-corrected chi connectivity index (χ4v) is 4.13.